The normalized spacial score (nSPS) is 26.5. The molecule has 194 valence electrons. The van der Waals surface area contributed by atoms with Crippen LogP contribution in [0.2, 0.25) is 0 Å². The van der Waals surface area contributed by atoms with Gasteiger partial charge in [0.25, 0.3) is 0 Å². The number of ether oxygens (including phenoxy) is 3. The number of halogens is 6. The van der Waals surface area contributed by atoms with Crippen molar-refractivity contribution in [3.63, 3.8) is 0 Å². The third-order valence-electron chi connectivity index (χ3n) is 6.94. The molecular formula is C25H34F6O3. The molecular weight excluding hydrogens is 462 g/mol. The van der Waals surface area contributed by atoms with Crippen molar-refractivity contribution in [3.8, 4) is 5.75 Å². The maximum atomic E-state index is 14.8. The van der Waals surface area contributed by atoms with E-state index in [1.54, 1.807) is 6.92 Å². The molecule has 1 aromatic rings. The fourth-order valence-electron chi connectivity index (χ4n) is 5.08. The summed E-state index contributed by atoms with van der Waals surface area (Å²) < 4.78 is 102. The Bertz CT molecular complexity index is 787. The Morgan fingerprint density at radius 3 is 1.97 bits per heavy atom. The van der Waals surface area contributed by atoms with E-state index in [2.05, 4.69) is 6.92 Å². The second kappa shape index (κ2) is 11.5. The second-order valence-electron chi connectivity index (χ2n) is 9.39. The highest BCUT2D eigenvalue weighted by Crippen LogP contribution is 2.44. The molecule has 0 aromatic heterocycles. The van der Waals surface area contributed by atoms with E-state index in [4.69, 9.17) is 14.2 Å². The SMILES string of the molecule is CCCC1CCC(OC(F)(F)C2CCC(OC(F)(F)c3ccc(OCC)c(F)c3F)CC2)CC1. The third kappa shape index (κ3) is 6.59. The molecule has 0 atom stereocenters. The molecule has 3 nitrogen and oxygen atoms in total. The molecule has 0 radical (unpaired) electrons. The molecule has 2 aliphatic rings. The summed E-state index contributed by atoms with van der Waals surface area (Å²) in [6, 6.07) is 1.63. The average Bonchev–Trinajstić information content (AvgIpc) is 2.78. The van der Waals surface area contributed by atoms with E-state index in [-0.39, 0.29) is 32.3 Å². The largest absolute Gasteiger partial charge is 0.491 e. The fourth-order valence-corrected chi connectivity index (χ4v) is 5.08. The van der Waals surface area contributed by atoms with Gasteiger partial charge in [-0.25, -0.2) is 4.39 Å². The lowest BCUT2D eigenvalue weighted by Gasteiger charge is -2.37. The molecule has 0 unspecified atom stereocenters. The molecule has 0 amide bonds. The van der Waals surface area contributed by atoms with Crippen molar-refractivity contribution >= 4 is 0 Å². The smallest absolute Gasteiger partial charge is 0.386 e. The lowest BCUT2D eigenvalue weighted by molar-refractivity contribution is -0.312. The van der Waals surface area contributed by atoms with E-state index in [1.165, 1.54) is 0 Å². The molecule has 1 aromatic carbocycles. The van der Waals surface area contributed by atoms with Gasteiger partial charge in [0.2, 0.25) is 5.82 Å². The minimum Gasteiger partial charge on any atom is -0.491 e. The first-order valence-electron chi connectivity index (χ1n) is 12.3. The van der Waals surface area contributed by atoms with Crippen molar-refractivity contribution < 1.29 is 40.6 Å². The van der Waals surface area contributed by atoms with Crippen LogP contribution < -0.4 is 4.74 Å². The van der Waals surface area contributed by atoms with Crippen LogP contribution in [0.1, 0.15) is 83.6 Å². The minimum absolute atomic E-state index is 0.0420. The zero-order valence-corrected chi connectivity index (χ0v) is 19.7. The molecule has 2 fully saturated rings. The van der Waals surface area contributed by atoms with Gasteiger partial charge in [-0.3, -0.25) is 0 Å². The lowest BCUT2D eigenvalue weighted by Crippen LogP contribution is -2.40. The zero-order chi connectivity index (χ0) is 24.9. The van der Waals surface area contributed by atoms with Crippen LogP contribution in [0.4, 0.5) is 26.3 Å². The molecule has 0 N–H and O–H groups in total. The molecule has 0 bridgehead atoms. The summed E-state index contributed by atoms with van der Waals surface area (Å²) in [5.74, 6) is -4.26. The Morgan fingerprint density at radius 2 is 1.38 bits per heavy atom. The topological polar surface area (TPSA) is 27.7 Å². The van der Waals surface area contributed by atoms with Crippen molar-refractivity contribution in [2.24, 2.45) is 11.8 Å². The number of alkyl halides is 4. The van der Waals surface area contributed by atoms with Gasteiger partial charge in [0.15, 0.2) is 11.6 Å². The van der Waals surface area contributed by atoms with E-state index < -0.39 is 53.3 Å². The fraction of sp³-hybridized carbons (Fsp3) is 0.760. The van der Waals surface area contributed by atoms with Gasteiger partial charge in [0.1, 0.15) is 0 Å². The predicted octanol–water partition coefficient (Wildman–Crippen LogP) is 7.96. The van der Waals surface area contributed by atoms with Gasteiger partial charge in [-0.15, -0.1) is 0 Å². The standard InChI is InChI=1S/C25H34F6O3/c1-3-5-16-6-10-18(11-7-16)33-24(28,29)17-8-12-19(13-9-17)34-25(30,31)20-14-15-21(32-4-2)23(27)22(20)26/h14-19H,3-13H2,1-2H3. The highest BCUT2D eigenvalue weighted by Gasteiger charge is 2.47. The number of hydrogen-bond donors (Lipinski definition) is 0. The first kappa shape index (κ1) is 27.1. The summed E-state index contributed by atoms with van der Waals surface area (Å²) in [6.07, 6.45) is -4.04. The van der Waals surface area contributed by atoms with Crippen LogP contribution in [0.15, 0.2) is 12.1 Å². The summed E-state index contributed by atoms with van der Waals surface area (Å²) in [5, 5.41) is 0. The average molecular weight is 497 g/mol. The third-order valence-corrected chi connectivity index (χ3v) is 6.94. The number of hydrogen-bond acceptors (Lipinski definition) is 3. The van der Waals surface area contributed by atoms with Crippen LogP contribution in [0.3, 0.4) is 0 Å². The zero-order valence-electron chi connectivity index (χ0n) is 19.7. The van der Waals surface area contributed by atoms with E-state index >= 15 is 0 Å². The van der Waals surface area contributed by atoms with Crippen LogP contribution in [0, 0.1) is 23.5 Å². The maximum Gasteiger partial charge on any atom is 0.386 e. The van der Waals surface area contributed by atoms with Crippen LogP contribution >= 0.6 is 0 Å². The van der Waals surface area contributed by atoms with Crippen molar-refractivity contribution in [1.29, 1.82) is 0 Å². The van der Waals surface area contributed by atoms with Crippen LogP contribution in [0.25, 0.3) is 0 Å². The van der Waals surface area contributed by atoms with Gasteiger partial charge in [-0.2, -0.15) is 22.0 Å². The number of rotatable bonds is 10. The summed E-state index contributed by atoms with van der Waals surface area (Å²) in [5.41, 5.74) is -1.25. The van der Waals surface area contributed by atoms with E-state index in [9.17, 15) is 26.3 Å². The number of benzene rings is 1. The Balaban J connectivity index is 1.53. The first-order valence-corrected chi connectivity index (χ1v) is 12.3. The van der Waals surface area contributed by atoms with Crippen LogP contribution in [-0.4, -0.2) is 24.9 Å². The van der Waals surface area contributed by atoms with Gasteiger partial charge >= 0.3 is 12.2 Å². The van der Waals surface area contributed by atoms with Gasteiger partial charge in [-0.1, -0.05) is 19.8 Å². The van der Waals surface area contributed by atoms with Crippen molar-refractivity contribution in [2.45, 2.75) is 102 Å². The monoisotopic (exact) mass is 496 g/mol. The summed E-state index contributed by atoms with van der Waals surface area (Å²) in [7, 11) is 0. The summed E-state index contributed by atoms with van der Waals surface area (Å²) in [6.45, 7) is 3.70. The molecule has 0 aliphatic heterocycles. The van der Waals surface area contributed by atoms with Crippen LogP contribution in [0.5, 0.6) is 5.75 Å². The quantitative estimate of drug-likeness (QED) is 0.308. The molecule has 0 heterocycles. The van der Waals surface area contributed by atoms with Crippen LogP contribution in [-0.2, 0) is 15.6 Å². The Hall–Kier alpha value is -1.48. The molecule has 9 heteroatoms. The lowest BCUT2D eigenvalue weighted by atomic mass is 9.84. The highest BCUT2D eigenvalue weighted by atomic mass is 19.3. The summed E-state index contributed by atoms with van der Waals surface area (Å²) >= 11 is 0. The molecule has 34 heavy (non-hydrogen) atoms. The van der Waals surface area contributed by atoms with E-state index in [0.717, 1.165) is 31.7 Å². The Labute approximate surface area is 197 Å². The van der Waals surface area contributed by atoms with Crippen molar-refractivity contribution in [2.75, 3.05) is 6.61 Å². The molecule has 0 saturated heterocycles. The Morgan fingerprint density at radius 1 is 0.794 bits per heavy atom. The van der Waals surface area contributed by atoms with Gasteiger partial charge in [-0.05, 0) is 76.3 Å². The van der Waals surface area contributed by atoms with Gasteiger partial charge in [0.05, 0.1) is 30.3 Å². The van der Waals surface area contributed by atoms with Crippen molar-refractivity contribution in [3.05, 3.63) is 29.3 Å². The highest BCUT2D eigenvalue weighted by molar-refractivity contribution is 5.32. The van der Waals surface area contributed by atoms with Gasteiger partial charge in [0, 0.05) is 0 Å². The van der Waals surface area contributed by atoms with Gasteiger partial charge < -0.3 is 14.2 Å². The summed E-state index contributed by atoms with van der Waals surface area (Å²) in [4.78, 5) is 0. The maximum absolute atomic E-state index is 14.8. The predicted molar refractivity (Wildman–Crippen MR) is 115 cm³/mol. The molecule has 0 spiro atoms. The first-order chi connectivity index (χ1) is 16.1. The second-order valence-corrected chi connectivity index (χ2v) is 9.39. The minimum atomic E-state index is -4.11. The van der Waals surface area contributed by atoms with Crippen molar-refractivity contribution in [1.82, 2.24) is 0 Å². The Kier molecular flexibility index (Phi) is 9.17. The van der Waals surface area contributed by atoms with E-state index in [0.29, 0.717) is 24.8 Å². The molecule has 2 aliphatic carbocycles. The molecule has 2 saturated carbocycles. The van der Waals surface area contributed by atoms with E-state index in [1.807, 2.05) is 0 Å². The molecule has 3 rings (SSSR count).